The maximum absolute atomic E-state index is 12.1. The summed E-state index contributed by atoms with van der Waals surface area (Å²) in [5, 5.41) is 0. The van der Waals surface area contributed by atoms with Gasteiger partial charge in [0.25, 0.3) is 0 Å². The predicted molar refractivity (Wildman–Crippen MR) is 63.9 cm³/mol. The smallest absolute Gasteiger partial charge is 0.309 e. The Hall–Kier alpha value is -0.530. The minimum absolute atomic E-state index is 0.0405. The van der Waals surface area contributed by atoms with Gasteiger partial charge < -0.3 is 4.74 Å². The lowest BCUT2D eigenvalue weighted by atomic mass is 9.83. The summed E-state index contributed by atoms with van der Waals surface area (Å²) in [7, 11) is 0. The number of fused-ring (bicyclic) bond motifs is 2. The fourth-order valence-corrected chi connectivity index (χ4v) is 3.75. The molecule has 0 N–H and O–H groups in total. The molecule has 0 spiro atoms. The van der Waals surface area contributed by atoms with E-state index in [-0.39, 0.29) is 17.5 Å². The van der Waals surface area contributed by atoms with E-state index in [0.29, 0.717) is 11.8 Å². The van der Waals surface area contributed by atoms with Crippen LogP contribution < -0.4 is 0 Å². The third-order valence-corrected chi connectivity index (χ3v) is 4.48. The van der Waals surface area contributed by atoms with Gasteiger partial charge in [0.2, 0.25) is 0 Å². The lowest BCUT2D eigenvalue weighted by Crippen LogP contribution is -2.32. The lowest BCUT2D eigenvalue weighted by Gasteiger charge is -2.28. The number of carbonyl (C=O) groups excluding carboxylic acids is 1. The van der Waals surface area contributed by atoms with Crippen LogP contribution in [0.3, 0.4) is 0 Å². The Bertz CT molecular complexity index is 290. The van der Waals surface area contributed by atoms with Crippen molar-refractivity contribution in [2.24, 2.45) is 29.6 Å². The van der Waals surface area contributed by atoms with Crippen LogP contribution in [0.1, 0.15) is 47.5 Å². The minimum Gasteiger partial charge on any atom is -0.460 e. The van der Waals surface area contributed by atoms with Gasteiger partial charge in [0.1, 0.15) is 5.60 Å². The van der Waals surface area contributed by atoms with Gasteiger partial charge in [0.05, 0.1) is 5.92 Å². The summed E-state index contributed by atoms with van der Waals surface area (Å²) in [4.78, 5) is 12.1. The summed E-state index contributed by atoms with van der Waals surface area (Å²) >= 11 is 0. The Morgan fingerprint density at radius 1 is 1.12 bits per heavy atom. The van der Waals surface area contributed by atoms with Gasteiger partial charge in [-0.3, -0.25) is 4.79 Å². The summed E-state index contributed by atoms with van der Waals surface area (Å²) < 4.78 is 5.52. The largest absolute Gasteiger partial charge is 0.460 e. The molecule has 0 heterocycles. The quantitative estimate of drug-likeness (QED) is 0.639. The number of ether oxygens (including phenoxy) is 1. The molecular formula is C14H24O2. The molecule has 0 aromatic carbocycles. The molecule has 2 bridgehead atoms. The van der Waals surface area contributed by atoms with Crippen molar-refractivity contribution in [3.8, 4) is 0 Å². The van der Waals surface area contributed by atoms with Gasteiger partial charge in [-0.15, -0.1) is 0 Å². The zero-order valence-corrected chi connectivity index (χ0v) is 11.1. The van der Waals surface area contributed by atoms with E-state index in [2.05, 4.69) is 13.8 Å². The Labute approximate surface area is 98.7 Å². The third kappa shape index (κ3) is 1.99. The van der Waals surface area contributed by atoms with Crippen LogP contribution in [0.15, 0.2) is 0 Å². The van der Waals surface area contributed by atoms with Crippen LogP contribution in [0.5, 0.6) is 0 Å². The van der Waals surface area contributed by atoms with Gasteiger partial charge in [-0.05, 0) is 57.3 Å². The van der Waals surface area contributed by atoms with Crippen LogP contribution >= 0.6 is 0 Å². The van der Waals surface area contributed by atoms with Gasteiger partial charge in [-0.25, -0.2) is 0 Å². The second kappa shape index (κ2) is 3.75. The van der Waals surface area contributed by atoms with Crippen molar-refractivity contribution in [3.05, 3.63) is 0 Å². The topological polar surface area (TPSA) is 26.3 Å². The molecule has 0 aromatic heterocycles. The van der Waals surface area contributed by atoms with Crippen LogP contribution in [0.25, 0.3) is 0 Å². The second-order valence-corrected chi connectivity index (χ2v) is 6.78. The van der Waals surface area contributed by atoms with Gasteiger partial charge in [0, 0.05) is 0 Å². The normalized spacial score (nSPS) is 42.4. The van der Waals surface area contributed by atoms with Crippen LogP contribution in [-0.2, 0) is 9.53 Å². The van der Waals surface area contributed by atoms with Crippen molar-refractivity contribution >= 4 is 5.97 Å². The second-order valence-electron chi connectivity index (χ2n) is 6.78. The lowest BCUT2D eigenvalue weighted by molar-refractivity contribution is -0.162. The molecule has 5 atom stereocenters. The van der Waals surface area contributed by atoms with Crippen molar-refractivity contribution in [2.75, 3.05) is 0 Å². The summed E-state index contributed by atoms with van der Waals surface area (Å²) in [5.74, 6) is 3.07. The molecule has 16 heavy (non-hydrogen) atoms. The first-order valence-electron chi connectivity index (χ1n) is 6.52. The van der Waals surface area contributed by atoms with Crippen molar-refractivity contribution < 1.29 is 9.53 Å². The van der Waals surface area contributed by atoms with Crippen LogP contribution in [0, 0.1) is 29.6 Å². The van der Waals surface area contributed by atoms with Crippen LogP contribution in [-0.4, -0.2) is 11.6 Å². The first-order chi connectivity index (χ1) is 7.29. The Morgan fingerprint density at radius 2 is 1.75 bits per heavy atom. The van der Waals surface area contributed by atoms with Crippen molar-refractivity contribution in [3.63, 3.8) is 0 Å². The number of hydrogen-bond acceptors (Lipinski definition) is 2. The van der Waals surface area contributed by atoms with Gasteiger partial charge in [-0.1, -0.05) is 13.8 Å². The summed E-state index contributed by atoms with van der Waals surface area (Å²) in [6.07, 6.45) is 2.28. The summed E-state index contributed by atoms with van der Waals surface area (Å²) in [6.45, 7) is 10.5. The highest BCUT2D eigenvalue weighted by molar-refractivity contribution is 5.74. The third-order valence-electron chi connectivity index (χ3n) is 4.48. The zero-order chi connectivity index (χ0) is 12.1. The molecule has 0 aliphatic heterocycles. The highest BCUT2D eigenvalue weighted by Crippen LogP contribution is 2.55. The summed E-state index contributed by atoms with van der Waals surface area (Å²) in [6, 6.07) is 0. The zero-order valence-electron chi connectivity index (χ0n) is 11.1. The molecule has 0 radical (unpaired) electrons. The standard InChI is InChI=1S/C14H24O2/c1-8-6-11-9(2)10(8)7-12(11)13(15)16-14(3,4)5/h8-12H,6-7H2,1-5H3. The highest BCUT2D eigenvalue weighted by atomic mass is 16.6. The molecule has 5 unspecified atom stereocenters. The molecule has 2 aliphatic rings. The first kappa shape index (κ1) is 11.9. The molecule has 0 saturated heterocycles. The Morgan fingerprint density at radius 3 is 2.12 bits per heavy atom. The van der Waals surface area contributed by atoms with E-state index in [1.165, 1.54) is 6.42 Å². The van der Waals surface area contributed by atoms with Crippen LogP contribution in [0.2, 0.25) is 0 Å². The van der Waals surface area contributed by atoms with Gasteiger partial charge in [0.15, 0.2) is 0 Å². The van der Waals surface area contributed by atoms with Crippen molar-refractivity contribution in [1.29, 1.82) is 0 Å². The average molecular weight is 224 g/mol. The highest BCUT2D eigenvalue weighted by Gasteiger charge is 2.52. The van der Waals surface area contributed by atoms with E-state index in [1.807, 2.05) is 20.8 Å². The number of hydrogen-bond donors (Lipinski definition) is 0. The molecule has 92 valence electrons. The van der Waals surface area contributed by atoms with E-state index in [4.69, 9.17) is 4.74 Å². The fraction of sp³-hybridized carbons (Fsp3) is 0.929. The van der Waals surface area contributed by atoms with Gasteiger partial charge >= 0.3 is 5.97 Å². The molecule has 2 rings (SSSR count). The molecular weight excluding hydrogens is 200 g/mol. The fourth-order valence-electron chi connectivity index (χ4n) is 3.75. The maximum atomic E-state index is 12.1. The molecule has 2 nitrogen and oxygen atoms in total. The van der Waals surface area contributed by atoms with E-state index < -0.39 is 0 Å². The molecule has 2 fully saturated rings. The molecule has 0 amide bonds. The SMILES string of the molecule is CC1CC2C(C(=O)OC(C)(C)C)CC1C2C. The molecule has 2 aliphatic carbocycles. The van der Waals surface area contributed by atoms with E-state index in [9.17, 15) is 4.79 Å². The monoisotopic (exact) mass is 224 g/mol. The van der Waals surface area contributed by atoms with E-state index >= 15 is 0 Å². The first-order valence-corrected chi connectivity index (χ1v) is 6.52. The van der Waals surface area contributed by atoms with E-state index in [0.717, 1.165) is 18.3 Å². The van der Waals surface area contributed by atoms with Crippen molar-refractivity contribution in [2.45, 2.75) is 53.1 Å². The van der Waals surface area contributed by atoms with Crippen molar-refractivity contribution in [1.82, 2.24) is 0 Å². The van der Waals surface area contributed by atoms with E-state index in [1.54, 1.807) is 0 Å². The number of carbonyl (C=O) groups is 1. The molecule has 0 aromatic rings. The number of rotatable bonds is 1. The average Bonchev–Trinajstić information content (AvgIpc) is 2.55. The molecule has 2 saturated carbocycles. The Balaban J connectivity index is 2.01. The van der Waals surface area contributed by atoms with Gasteiger partial charge in [-0.2, -0.15) is 0 Å². The number of esters is 1. The molecule has 2 heteroatoms. The minimum atomic E-state index is -0.340. The maximum Gasteiger partial charge on any atom is 0.309 e. The summed E-state index contributed by atoms with van der Waals surface area (Å²) in [5.41, 5.74) is -0.340. The van der Waals surface area contributed by atoms with Crippen LogP contribution in [0.4, 0.5) is 0 Å². The predicted octanol–water partition coefficient (Wildman–Crippen LogP) is 3.26. The Kier molecular flexibility index (Phi) is 2.80.